The predicted octanol–water partition coefficient (Wildman–Crippen LogP) is 0.267. The maximum Gasteiger partial charge on any atom is 0.402 e. The van der Waals surface area contributed by atoms with Crippen LogP contribution < -0.4 is 15.2 Å². The first-order valence-electron chi connectivity index (χ1n) is 5.51. The molecule has 0 saturated carbocycles. The monoisotopic (exact) mass is 326 g/mol. The van der Waals surface area contributed by atoms with Crippen molar-refractivity contribution in [1.82, 2.24) is 9.44 Å². The quantitative estimate of drug-likeness (QED) is 0.260. The van der Waals surface area contributed by atoms with E-state index >= 15 is 0 Å². The van der Waals surface area contributed by atoms with Crippen molar-refractivity contribution in [3.63, 3.8) is 0 Å². The van der Waals surface area contributed by atoms with Gasteiger partial charge in [-0.15, -0.1) is 0 Å². The molecule has 5 N–H and O–H groups in total. The van der Waals surface area contributed by atoms with Crippen molar-refractivity contribution in [2.75, 3.05) is 6.54 Å². The van der Waals surface area contributed by atoms with Crippen LogP contribution in [0.3, 0.4) is 0 Å². The van der Waals surface area contributed by atoms with E-state index in [4.69, 9.17) is 10.9 Å². The lowest BCUT2D eigenvalue weighted by atomic mass is 10.1. The first-order valence-corrected chi connectivity index (χ1v) is 6.99. The average molecular weight is 326 g/mol. The van der Waals surface area contributed by atoms with Crippen LogP contribution in [0.1, 0.15) is 11.1 Å². The van der Waals surface area contributed by atoms with Gasteiger partial charge in [0.15, 0.2) is 5.84 Å². The maximum atomic E-state index is 11.9. The lowest BCUT2D eigenvalue weighted by Gasteiger charge is -2.10. The lowest BCUT2D eigenvalue weighted by Crippen LogP contribution is -2.41. The normalized spacial score (nSPS) is 13.4. The van der Waals surface area contributed by atoms with Crippen molar-refractivity contribution in [2.24, 2.45) is 10.9 Å². The zero-order chi connectivity index (χ0) is 16.1. The number of hydrogen-bond donors (Lipinski definition) is 4. The van der Waals surface area contributed by atoms with Crippen molar-refractivity contribution in [3.8, 4) is 0 Å². The van der Waals surface area contributed by atoms with Crippen LogP contribution in [-0.2, 0) is 16.8 Å². The van der Waals surface area contributed by atoms with Crippen LogP contribution in [0.4, 0.5) is 13.2 Å². The second-order valence-electron chi connectivity index (χ2n) is 3.95. The number of nitrogens with two attached hydrogens (primary N) is 1. The number of rotatable bonds is 6. The molecule has 118 valence electrons. The van der Waals surface area contributed by atoms with E-state index in [-0.39, 0.29) is 12.4 Å². The van der Waals surface area contributed by atoms with Crippen molar-refractivity contribution in [1.29, 1.82) is 0 Å². The SMILES string of the molecule is N/C(=N/O)c1cccc(CNS(=O)(=O)NCC(F)(F)F)c1. The van der Waals surface area contributed by atoms with E-state index in [1.807, 2.05) is 4.72 Å². The van der Waals surface area contributed by atoms with Gasteiger partial charge < -0.3 is 10.9 Å². The van der Waals surface area contributed by atoms with Gasteiger partial charge in [-0.25, -0.2) is 0 Å². The number of alkyl halides is 3. The minimum atomic E-state index is -4.64. The molecule has 11 heteroatoms. The molecular weight excluding hydrogens is 313 g/mol. The molecule has 21 heavy (non-hydrogen) atoms. The molecule has 1 rings (SSSR count). The van der Waals surface area contributed by atoms with Crippen LogP contribution in [0, 0.1) is 0 Å². The minimum Gasteiger partial charge on any atom is -0.409 e. The fraction of sp³-hybridized carbons (Fsp3) is 0.300. The molecular formula is C10H13F3N4O3S. The van der Waals surface area contributed by atoms with E-state index in [0.717, 1.165) is 0 Å². The first-order chi connectivity index (χ1) is 9.63. The van der Waals surface area contributed by atoms with Gasteiger partial charge in [-0.2, -0.15) is 31.0 Å². The predicted molar refractivity (Wildman–Crippen MR) is 68.8 cm³/mol. The van der Waals surface area contributed by atoms with E-state index in [0.29, 0.717) is 11.1 Å². The van der Waals surface area contributed by atoms with Gasteiger partial charge in [0.05, 0.1) is 0 Å². The summed E-state index contributed by atoms with van der Waals surface area (Å²) < 4.78 is 61.7. The summed E-state index contributed by atoms with van der Waals surface area (Å²) in [6.07, 6.45) is -4.64. The Labute approximate surface area is 118 Å². The summed E-state index contributed by atoms with van der Waals surface area (Å²) in [5, 5.41) is 11.3. The molecule has 0 spiro atoms. The lowest BCUT2D eigenvalue weighted by molar-refractivity contribution is -0.121. The molecule has 0 heterocycles. The van der Waals surface area contributed by atoms with E-state index in [2.05, 4.69) is 5.16 Å². The van der Waals surface area contributed by atoms with Crippen LogP contribution in [0.5, 0.6) is 0 Å². The number of nitrogens with one attached hydrogen (secondary N) is 2. The van der Waals surface area contributed by atoms with Crippen molar-refractivity contribution in [3.05, 3.63) is 35.4 Å². The third-order valence-corrected chi connectivity index (χ3v) is 3.31. The molecule has 0 saturated heterocycles. The summed E-state index contributed by atoms with van der Waals surface area (Å²) in [4.78, 5) is 0. The molecule has 0 aliphatic rings. The van der Waals surface area contributed by atoms with Crippen LogP contribution in [0.2, 0.25) is 0 Å². The highest BCUT2D eigenvalue weighted by Gasteiger charge is 2.29. The highest BCUT2D eigenvalue weighted by molar-refractivity contribution is 7.87. The zero-order valence-corrected chi connectivity index (χ0v) is 11.4. The molecule has 0 amide bonds. The van der Waals surface area contributed by atoms with E-state index in [1.165, 1.54) is 29.0 Å². The highest BCUT2D eigenvalue weighted by Crippen LogP contribution is 2.12. The number of amidine groups is 1. The Balaban J connectivity index is 2.67. The summed E-state index contributed by atoms with van der Waals surface area (Å²) in [6.45, 7) is -1.91. The Morgan fingerprint density at radius 3 is 2.57 bits per heavy atom. The van der Waals surface area contributed by atoms with Crippen molar-refractivity contribution in [2.45, 2.75) is 12.7 Å². The van der Waals surface area contributed by atoms with Gasteiger partial charge in [0.2, 0.25) is 0 Å². The average Bonchev–Trinajstić information content (AvgIpc) is 2.42. The fourth-order valence-corrected chi connectivity index (χ4v) is 2.12. The standard InChI is InChI=1S/C10H13F3N4O3S/c11-10(12,13)6-16-21(19,20)15-5-7-2-1-3-8(4-7)9(14)17-18/h1-4,15-16,18H,5-6H2,(H2,14,17). The van der Waals surface area contributed by atoms with Crippen molar-refractivity contribution >= 4 is 16.0 Å². The molecule has 0 radical (unpaired) electrons. The summed E-state index contributed by atoms with van der Waals surface area (Å²) in [7, 11) is -4.28. The van der Waals surface area contributed by atoms with Gasteiger partial charge in [0.25, 0.3) is 10.2 Å². The van der Waals surface area contributed by atoms with E-state index < -0.39 is 22.9 Å². The number of benzene rings is 1. The molecule has 1 aromatic carbocycles. The molecule has 0 aromatic heterocycles. The zero-order valence-electron chi connectivity index (χ0n) is 10.6. The van der Waals surface area contributed by atoms with Gasteiger partial charge in [-0.1, -0.05) is 23.4 Å². The Bertz CT molecular complexity index is 616. The van der Waals surface area contributed by atoms with Gasteiger partial charge in [0.1, 0.15) is 6.54 Å². The van der Waals surface area contributed by atoms with Gasteiger partial charge >= 0.3 is 6.18 Å². The third kappa shape index (κ3) is 6.42. The van der Waals surface area contributed by atoms with E-state index in [1.54, 1.807) is 0 Å². The first kappa shape index (κ1) is 17.2. The van der Waals surface area contributed by atoms with Crippen LogP contribution >= 0.6 is 0 Å². The van der Waals surface area contributed by atoms with Crippen LogP contribution in [0.15, 0.2) is 29.4 Å². The number of nitrogens with zero attached hydrogens (tertiary/aromatic N) is 1. The number of oxime groups is 1. The topological polar surface area (TPSA) is 117 Å². The largest absolute Gasteiger partial charge is 0.409 e. The summed E-state index contributed by atoms with van der Waals surface area (Å²) in [5.74, 6) is -0.171. The van der Waals surface area contributed by atoms with Gasteiger partial charge in [-0.05, 0) is 11.6 Å². The Hall–Kier alpha value is -1.85. The molecule has 0 fully saturated rings. The highest BCUT2D eigenvalue weighted by atomic mass is 32.2. The summed E-state index contributed by atoms with van der Waals surface area (Å²) in [6, 6.07) is 6.01. The molecule has 0 bridgehead atoms. The molecule has 0 aliphatic carbocycles. The van der Waals surface area contributed by atoms with Crippen LogP contribution in [-0.4, -0.2) is 32.2 Å². The molecule has 7 nitrogen and oxygen atoms in total. The van der Waals surface area contributed by atoms with Gasteiger partial charge in [-0.3, -0.25) is 0 Å². The van der Waals surface area contributed by atoms with Crippen molar-refractivity contribution < 1.29 is 26.8 Å². The van der Waals surface area contributed by atoms with Gasteiger partial charge in [0, 0.05) is 12.1 Å². The minimum absolute atomic E-state index is 0.171. The molecule has 0 aliphatic heterocycles. The summed E-state index contributed by atoms with van der Waals surface area (Å²) in [5.41, 5.74) is 6.14. The smallest absolute Gasteiger partial charge is 0.402 e. The fourth-order valence-electron chi connectivity index (χ4n) is 1.30. The molecule has 0 unspecified atom stereocenters. The number of halogens is 3. The number of hydrogen-bond acceptors (Lipinski definition) is 4. The summed E-state index contributed by atoms with van der Waals surface area (Å²) >= 11 is 0. The third-order valence-electron chi connectivity index (χ3n) is 2.26. The Morgan fingerprint density at radius 1 is 1.33 bits per heavy atom. The van der Waals surface area contributed by atoms with Crippen LogP contribution in [0.25, 0.3) is 0 Å². The molecule has 1 aromatic rings. The second-order valence-corrected chi connectivity index (χ2v) is 5.53. The second kappa shape index (κ2) is 6.74. The Kier molecular flexibility index (Phi) is 5.52. The van der Waals surface area contributed by atoms with E-state index in [9.17, 15) is 21.6 Å². The Morgan fingerprint density at radius 2 is 2.00 bits per heavy atom. The maximum absolute atomic E-state index is 11.9. The molecule has 0 atom stereocenters.